The topological polar surface area (TPSA) is 48.1 Å². The number of ether oxygens (including phenoxy) is 3. The SMILES string of the molecule is C=CC(=O)OC.CCOCC1CO1. The van der Waals surface area contributed by atoms with Crippen molar-refractivity contribution in [1.29, 1.82) is 0 Å². The minimum absolute atomic E-state index is 0.394. The first-order valence-corrected chi connectivity index (χ1v) is 4.14. The fourth-order valence-corrected chi connectivity index (χ4v) is 0.497. The maximum absolute atomic E-state index is 9.84. The fourth-order valence-electron chi connectivity index (χ4n) is 0.497. The van der Waals surface area contributed by atoms with E-state index in [1.165, 1.54) is 7.11 Å². The van der Waals surface area contributed by atoms with Gasteiger partial charge in [0.1, 0.15) is 6.10 Å². The molecule has 0 radical (unpaired) electrons. The molecule has 0 aromatic heterocycles. The Labute approximate surface area is 78.5 Å². The Morgan fingerprint density at radius 3 is 2.62 bits per heavy atom. The van der Waals surface area contributed by atoms with Crippen molar-refractivity contribution in [2.75, 3.05) is 26.9 Å². The zero-order valence-electron chi connectivity index (χ0n) is 8.12. The summed E-state index contributed by atoms with van der Waals surface area (Å²) in [5.41, 5.74) is 0. The van der Waals surface area contributed by atoms with Crippen molar-refractivity contribution in [1.82, 2.24) is 0 Å². The molecular weight excluding hydrogens is 172 g/mol. The standard InChI is InChI=1S/C5H10O2.C4H6O2/c1-2-6-3-5-4-7-5;1-3-4(5)6-2/h5H,2-4H2,1H3;3H,1H2,2H3. The highest BCUT2D eigenvalue weighted by Crippen LogP contribution is 2.07. The van der Waals surface area contributed by atoms with E-state index < -0.39 is 5.97 Å². The summed E-state index contributed by atoms with van der Waals surface area (Å²) in [7, 11) is 1.31. The second-order valence-electron chi connectivity index (χ2n) is 2.34. The fraction of sp³-hybridized carbons (Fsp3) is 0.667. The van der Waals surface area contributed by atoms with E-state index >= 15 is 0 Å². The van der Waals surface area contributed by atoms with Gasteiger partial charge in [0.2, 0.25) is 0 Å². The van der Waals surface area contributed by atoms with Crippen molar-refractivity contribution in [2.45, 2.75) is 13.0 Å². The number of carbonyl (C=O) groups excluding carboxylic acids is 1. The summed E-state index contributed by atoms with van der Waals surface area (Å²) in [5.74, 6) is -0.394. The molecule has 4 heteroatoms. The number of carbonyl (C=O) groups is 1. The molecule has 0 bridgehead atoms. The molecule has 1 aliphatic rings. The molecule has 0 aromatic rings. The number of hydrogen-bond donors (Lipinski definition) is 0. The van der Waals surface area contributed by atoms with E-state index in [-0.39, 0.29) is 0 Å². The van der Waals surface area contributed by atoms with E-state index in [1.807, 2.05) is 6.92 Å². The summed E-state index contributed by atoms with van der Waals surface area (Å²) in [4.78, 5) is 9.84. The van der Waals surface area contributed by atoms with Gasteiger partial charge in [-0.1, -0.05) is 6.58 Å². The summed E-state index contributed by atoms with van der Waals surface area (Å²) in [5, 5.41) is 0. The molecular formula is C9H16O4. The zero-order valence-corrected chi connectivity index (χ0v) is 8.12. The van der Waals surface area contributed by atoms with E-state index in [0.717, 1.165) is 25.9 Å². The molecule has 76 valence electrons. The molecule has 1 saturated heterocycles. The van der Waals surface area contributed by atoms with Crippen LogP contribution in [-0.4, -0.2) is 39.0 Å². The van der Waals surface area contributed by atoms with Crippen LogP contribution in [0.15, 0.2) is 12.7 Å². The van der Waals surface area contributed by atoms with Gasteiger partial charge in [0.25, 0.3) is 0 Å². The third-order valence-corrected chi connectivity index (χ3v) is 1.28. The van der Waals surface area contributed by atoms with Crippen molar-refractivity contribution in [3.05, 3.63) is 12.7 Å². The van der Waals surface area contributed by atoms with Crippen LogP contribution in [0.2, 0.25) is 0 Å². The Morgan fingerprint density at radius 2 is 2.38 bits per heavy atom. The molecule has 1 aliphatic heterocycles. The lowest BCUT2D eigenvalue weighted by Gasteiger charge is -1.91. The minimum atomic E-state index is -0.394. The predicted octanol–water partition coefficient (Wildman–Crippen LogP) is 0.767. The van der Waals surface area contributed by atoms with Gasteiger partial charge in [-0.25, -0.2) is 4.79 Å². The Bertz CT molecular complexity index is 152. The van der Waals surface area contributed by atoms with E-state index in [0.29, 0.717) is 6.10 Å². The molecule has 1 rings (SSSR count). The summed E-state index contributed by atoms with van der Waals surface area (Å²) in [6.45, 7) is 7.64. The third-order valence-electron chi connectivity index (χ3n) is 1.28. The Balaban J connectivity index is 0.000000226. The van der Waals surface area contributed by atoms with Gasteiger partial charge in [0, 0.05) is 12.7 Å². The molecule has 0 N–H and O–H groups in total. The van der Waals surface area contributed by atoms with Crippen molar-refractivity contribution in [3.8, 4) is 0 Å². The maximum Gasteiger partial charge on any atom is 0.329 e. The normalized spacial score (nSPS) is 18.2. The number of hydrogen-bond acceptors (Lipinski definition) is 4. The summed E-state index contributed by atoms with van der Waals surface area (Å²) >= 11 is 0. The second kappa shape index (κ2) is 7.76. The van der Waals surface area contributed by atoms with Crippen LogP contribution in [0, 0.1) is 0 Å². The van der Waals surface area contributed by atoms with Crippen LogP contribution in [-0.2, 0) is 19.0 Å². The molecule has 0 saturated carbocycles. The summed E-state index contributed by atoms with van der Waals surface area (Å²) in [6.07, 6.45) is 1.54. The largest absolute Gasteiger partial charge is 0.466 e. The van der Waals surface area contributed by atoms with Crippen molar-refractivity contribution in [2.24, 2.45) is 0 Å². The van der Waals surface area contributed by atoms with Crippen LogP contribution in [0.5, 0.6) is 0 Å². The van der Waals surface area contributed by atoms with E-state index in [2.05, 4.69) is 11.3 Å². The molecule has 0 aliphatic carbocycles. The Kier molecular flexibility index (Phi) is 7.24. The van der Waals surface area contributed by atoms with Gasteiger partial charge < -0.3 is 14.2 Å². The van der Waals surface area contributed by atoms with Gasteiger partial charge in [-0.2, -0.15) is 0 Å². The zero-order chi connectivity index (χ0) is 10.1. The van der Waals surface area contributed by atoms with Crippen LogP contribution >= 0.6 is 0 Å². The van der Waals surface area contributed by atoms with Gasteiger partial charge in [-0.15, -0.1) is 0 Å². The molecule has 1 fully saturated rings. The van der Waals surface area contributed by atoms with Crippen molar-refractivity contribution < 1.29 is 19.0 Å². The molecule has 1 atom stereocenters. The van der Waals surface area contributed by atoms with Gasteiger partial charge in [-0.3, -0.25) is 0 Å². The minimum Gasteiger partial charge on any atom is -0.466 e. The first kappa shape index (κ1) is 12.1. The Hall–Kier alpha value is -0.870. The second-order valence-corrected chi connectivity index (χ2v) is 2.34. The lowest BCUT2D eigenvalue weighted by Crippen LogP contribution is -1.99. The number of methoxy groups -OCH3 is 1. The first-order valence-electron chi connectivity index (χ1n) is 4.14. The highest BCUT2D eigenvalue weighted by Gasteiger charge is 2.21. The molecule has 0 spiro atoms. The van der Waals surface area contributed by atoms with E-state index in [4.69, 9.17) is 9.47 Å². The van der Waals surface area contributed by atoms with Gasteiger partial charge in [0.05, 0.1) is 20.3 Å². The predicted molar refractivity (Wildman–Crippen MR) is 48.4 cm³/mol. The highest BCUT2D eigenvalue weighted by atomic mass is 16.6. The van der Waals surface area contributed by atoms with Crippen LogP contribution in [0.4, 0.5) is 0 Å². The Morgan fingerprint density at radius 1 is 1.77 bits per heavy atom. The summed E-state index contributed by atoms with van der Waals surface area (Å²) < 4.78 is 14.1. The number of esters is 1. The molecule has 4 nitrogen and oxygen atoms in total. The van der Waals surface area contributed by atoms with E-state index in [9.17, 15) is 4.79 Å². The quantitative estimate of drug-likeness (QED) is 0.371. The van der Waals surface area contributed by atoms with Crippen LogP contribution < -0.4 is 0 Å². The van der Waals surface area contributed by atoms with Crippen molar-refractivity contribution >= 4 is 5.97 Å². The third kappa shape index (κ3) is 9.04. The summed E-state index contributed by atoms with van der Waals surface area (Å²) in [6, 6.07) is 0. The number of epoxide rings is 1. The monoisotopic (exact) mass is 188 g/mol. The molecule has 1 heterocycles. The average molecular weight is 188 g/mol. The molecule has 13 heavy (non-hydrogen) atoms. The van der Waals surface area contributed by atoms with Crippen LogP contribution in [0.3, 0.4) is 0 Å². The van der Waals surface area contributed by atoms with Crippen LogP contribution in [0.25, 0.3) is 0 Å². The van der Waals surface area contributed by atoms with Gasteiger partial charge in [-0.05, 0) is 6.92 Å². The van der Waals surface area contributed by atoms with Crippen LogP contribution in [0.1, 0.15) is 6.92 Å². The molecule has 0 amide bonds. The lowest BCUT2D eigenvalue weighted by molar-refractivity contribution is -0.134. The molecule has 0 aromatic carbocycles. The number of rotatable bonds is 4. The first-order chi connectivity index (χ1) is 6.24. The van der Waals surface area contributed by atoms with Gasteiger partial charge in [0.15, 0.2) is 0 Å². The van der Waals surface area contributed by atoms with E-state index in [1.54, 1.807) is 0 Å². The maximum atomic E-state index is 9.84. The lowest BCUT2D eigenvalue weighted by atomic mass is 10.5. The van der Waals surface area contributed by atoms with Gasteiger partial charge >= 0.3 is 5.97 Å². The average Bonchev–Trinajstić information content (AvgIpc) is 2.98. The smallest absolute Gasteiger partial charge is 0.329 e. The molecule has 1 unspecified atom stereocenters. The van der Waals surface area contributed by atoms with Crippen molar-refractivity contribution in [3.63, 3.8) is 0 Å². The highest BCUT2D eigenvalue weighted by molar-refractivity contribution is 5.80.